The number of hydrogen-bond donors (Lipinski definition) is 2. The first kappa shape index (κ1) is 22.6. The second kappa shape index (κ2) is 10.8. The minimum atomic E-state index is -0.456. The van der Waals surface area contributed by atoms with E-state index in [2.05, 4.69) is 33.9 Å². The Balaban J connectivity index is 1.58. The molecule has 0 aliphatic carbocycles. The van der Waals surface area contributed by atoms with E-state index in [0.717, 1.165) is 28.5 Å². The van der Waals surface area contributed by atoms with Crippen molar-refractivity contribution in [2.75, 3.05) is 12.3 Å². The number of primary amides is 1. The third-order valence-electron chi connectivity index (χ3n) is 5.01. The fourth-order valence-electron chi connectivity index (χ4n) is 3.15. The van der Waals surface area contributed by atoms with Gasteiger partial charge in [0.1, 0.15) is 0 Å². The molecule has 7 nitrogen and oxygen atoms in total. The summed E-state index contributed by atoms with van der Waals surface area (Å²) in [6, 6.07) is 17.3. The standard InChI is InChI=1S/C23H27N5O2S/c1-3-16(2)28-22(18-9-5-4-6-10-18)26-27-23(28)31-15-20(29)25-13-12-17-8-7-11-19(14-17)21(24)30/h4-11,14,16H,3,12-13,15H2,1-2H3,(H2,24,30)(H,25,29). The summed E-state index contributed by atoms with van der Waals surface area (Å²) in [5.74, 6) is 0.538. The van der Waals surface area contributed by atoms with Gasteiger partial charge in [0.05, 0.1) is 5.75 Å². The van der Waals surface area contributed by atoms with Gasteiger partial charge >= 0.3 is 0 Å². The topological polar surface area (TPSA) is 103 Å². The predicted octanol–water partition coefficient (Wildman–Crippen LogP) is 3.47. The number of nitrogens with one attached hydrogen (secondary N) is 1. The third kappa shape index (κ3) is 5.95. The molecule has 0 bridgehead atoms. The van der Waals surface area contributed by atoms with Crippen molar-refractivity contribution < 1.29 is 9.59 Å². The van der Waals surface area contributed by atoms with Crippen LogP contribution in [0.5, 0.6) is 0 Å². The minimum absolute atomic E-state index is 0.0731. The van der Waals surface area contributed by atoms with E-state index in [-0.39, 0.29) is 17.7 Å². The van der Waals surface area contributed by atoms with Gasteiger partial charge in [-0.05, 0) is 37.5 Å². The highest BCUT2D eigenvalue weighted by atomic mass is 32.2. The number of thioether (sulfide) groups is 1. The van der Waals surface area contributed by atoms with Crippen LogP contribution in [-0.2, 0) is 11.2 Å². The van der Waals surface area contributed by atoms with Crippen molar-refractivity contribution in [2.24, 2.45) is 5.73 Å². The van der Waals surface area contributed by atoms with Crippen LogP contribution in [-0.4, -0.2) is 38.9 Å². The average molecular weight is 438 g/mol. The average Bonchev–Trinajstić information content (AvgIpc) is 3.22. The van der Waals surface area contributed by atoms with Crippen molar-refractivity contribution in [3.63, 3.8) is 0 Å². The summed E-state index contributed by atoms with van der Waals surface area (Å²) < 4.78 is 2.10. The summed E-state index contributed by atoms with van der Waals surface area (Å²) in [6.45, 7) is 4.73. The Morgan fingerprint density at radius 2 is 1.90 bits per heavy atom. The van der Waals surface area contributed by atoms with E-state index in [4.69, 9.17) is 5.73 Å². The summed E-state index contributed by atoms with van der Waals surface area (Å²) in [5, 5.41) is 12.4. The quantitative estimate of drug-likeness (QED) is 0.473. The summed E-state index contributed by atoms with van der Waals surface area (Å²) in [5.41, 5.74) is 7.74. The Hall–Kier alpha value is -3.13. The Labute approximate surface area is 186 Å². The van der Waals surface area contributed by atoms with E-state index in [1.165, 1.54) is 11.8 Å². The number of nitrogens with zero attached hydrogens (tertiary/aromatic N) is 3. The largest absolute Gasteiger partial charge is 0.366 e. The molecule has 1 unspecified atom stereocenters. The number of nitrogens with two attached hydrogens (primary N) is 1. The van der Waals surface area contributed by atoms with Gasteiger partial charge in [0.15, 0.2) is 11.0 Å². The van der Waals surface area contributed by atoms with Crippen molar-refractivity contribution in [3.8, 4) is 11.4 Å². The van der Waals surface area contributed by atoms with Crippen molar-refractivity contribution in [3.05, 3.63) is 65.7 Å². The number of hydrogen-bond acceptors (Lipinski definition) is 5. The maximum Gasteiger partial charge on any atom is 0.248 e. The highest BCUT2D eigenvalue weighted by molar-refractivity contribution is 7.99. The zero-order valence-electron chi connectivity index (χ0n) is 17.7. The molecule has 0 fully saturated rings. The number of amides is 2. The van der Waals surface area contributed by atoms with Gasteiger partial charge in [-0.1, -0.05) is 61.2 Å². The van der Waals surface area contributed by atoms with Crippen LogP contribution in [0.15, 0.2) is 59.8 Å². The lowest BCUT2D eigenvalue weighted by atomic mass is 10.1. The molecule has 3 rings (SSSR count). The monoisotopic (exact) mass is 437 g/mol. The molecule has 2 aromatic carbocycles. The van der Waals surface area contributed by atoms with Crippen LogP contribution >= 0.6 is 11.8 Å². The van der Waals surface area contributed by atoms with Crippen LogP contribution in [0, 0.1) is 0 Å². The lowest BCUT2D eigenvalue weighted by molar-refractivity contribution is -0.118. The van der Waals surface area contributed by atoms with Crippen LogP contribution in [0.4, 0.5) is 0 Å². The van der Waals surface area contributed by atoms with Crippen LogP contribution in [0.1, 0.15) is 42.2 Å². The van der Waals surface area contributed by atoms with Crippen molar-refractivity contribution >= 4 is 23.6 Å². The number of rotatable bonds is 10. The lowest BCUT2D eigenvalue weighted by Crippen LogP contribution is -2.27. The second-order valence-corrected chi connectivity index (χ2v) is 8.20. The molecule has 1 atom stereocenters. The van der Waals surface area contributed by atoms with Crippen molar-refractivity contribution in [1.29, 1.82) is 0 Å². The van der Waals surface area contributed by atoms with Gasteiger partial charge in [-0.15, -0.1) is 10.2 Å². The number of carbonyl (C=O) groups is 2. The van der Waals surface area contributed by atoms with E-state index >= 15 is 0 Å². The van der Waals surface area contributed by atoms with Crippen LogP contribution < -0.4 is 11.1 Å². The molecule has 162 valence electrons. The molecule has 3 aromatic rings. The Morgan fingerprint density at radius 1 is 1.13 bits per heavy atom. The molecule has 0 saturated carbocycles. The van der Waals surface area contributed by atoms with Crippen molar-refractivity contribution in [1.82, 2.24) is 20.1 Å². The fourth-order valence-corrected chi connectivity index (χ4v) is 4.01. The molecule has 0 aliphatic heterocycles. The molecular weight excluding hydrogens is 410 g/mol. The molecule has 3 N–H and O–H groups in total. The van der Waals surface area contributed by atoms with Crippen LogP contribution in [0.2, 0.25) is 0 Å². The van der Waals surface area contributed by atoms with Crippen molar-refractivity contribution in [2.45, 2.75) is 37.9 Å². The first-order valence-corrected chi connectivity index (χ1v) is 11.3. The van der Waals surface area contributed by atoms with E-state index < -0.39 is 5.91 Å². The molecule has 0 spiro atoms. The number of carbonyl (C=O) groups excluding carboxylic acids is 2. The third-order valence-corrected chi connectivity index (χ3v) is 5.95. The van der Waals surface area contributed by atoms with Gasteiger partial charge < -0.3 is 11.1 Å². The zero-order valence-corrected chi connectivity index (χ0v) is 18.6. The zero-order chi connectivity index (χ0) is 22.2. The fraction of sp³-hybridized carbons (Fsp3) is 0.304. The van der Waals surface area contributed by atoms with Gasteiger partial charge in [-0.2, -0.15) is 0 Å². The van der Waals surface area contributed by atoms with E-state index in [0.29, 0.717) is 18.5 Å². The maximum absolute atomic E-state index is 12.3. The summed E-state index contributed by atoms with van der Waals surface area (Å²) in [7, 11) is 0. The molecule has 0 radical (unpaired) electrons. The van der Waals surface area contributed by atoms with Gasteiger partial charge in [-0.25, -0.2) is 0 Å². The van der Waals surface area contributed by atoms with Gasteiger partial charge in [0.25, 0.3) is 0 Å². The maximum atomic E-state index is 12.3. The van der Waals surface area contributed by atoms with Gasteiger partial charge in [-0.3, -0.25) is 14.2 Å². The molecule has 1 aromatic heterocycles. The van der Waals surface area contributed by atoms with E-state index in [1.54, 1.807) is 18.2 Å². The highest BCUT2D eigenvalue weighted by Gasteiger charge is 2.19. The lowest BCUT2D eigenvalue weighted by Gasteiger charge is -2.16. The van der Waals surface area contributed by atoms with Crippen LogP contribution in [0.25, 0.3) is 11.4 Å². The number of benzene rings is 2. The number of aromatic nitrogens is 3. The van der Waals surface area contributed by atoms with Gasteiger partial charge in [0.2, 0.25) is 11.8 Å². The molecule has 0 saturated heterocycles. The molecular formula is C23H27N5O2S. The first-order chi connectivity index (χ1) is 15.0. The Morgan fingerprint density at radius 3 is 2.61 bits per heavy atom. The second-order valence-electron chi connectivity index (χ2n) is 7.25. The van der Waals surface area contributed by atoms with Gasteiger partial charge in [0, 0.05) is 23.7 Å². The molecule has 2 amide bonds. The molecule has 8 heteroatoms. The summed E-state index contributed by atoms with van der Waals surface area (Å²) in [6.07, 6.45) is 1.56. The smallest absolute Gasteiger partial charge is 0.248 e. The summed E-state index contributed by atoms with van der Waals surface area (Å²) in [4.78, 5) is 23.6. The predicted molar refractivity (Wildman–Crippen MR) is 123 cm³/mol. The normalized spacial score (nSPS) is 11.8. The van der Waals surface area contributed by atoms with E-state index in [1.807, 2.05) is 36.4 Å². The molecule has 31 heavy (non-hydrogen) atoms. The van der Waals surface area contributed by atoms with Crippen LogP contribution in [0.3, 0.4) is 0 Å². The van der Waals surface area contributed by atoms with E-state index in [9.17, 15) is 9.59 Å². The SMILES string of the molecule is CCC(C)n1c(SCC(=O)NCCc2cccc(C(N)=O)c2)nnc1-c1ccccc1. The minimum Gasteiger partial charge on any atom is -0.366 e. The highest BCUT2D eigenvalue weighted by Crippen LogP contribution is 2.28. The Kier molecular flexibility index (Phi) is 7.83. The first-order valence-electron chi connectivity index (χ1n) is 10.3. The molecule has 0 aliphatic rings. The summed E-state index contributed by atoms with van der Waals surface area (Å²) >= 11 is 1.38. The molecule has 1 heterocycles. The Bertz CT molecular complexity index is 1040.